The Morgan fingerprint density at radius 2 is 1.86 bits per heavy atom. The van der Waals surface area contributed by atoms with E-state index >= 15 is 0 Å². The second-order valence-corrected chi connectivity index (χ2v) is 6.63. The van der Waals surface area contributed by atoms with Crippen LogP contribution in [0.15, 0.2) is 54.9 Å². The number of hydrogen-bond acceptors (Lipinski definition) is 6. The standard InChI is InChI=1S/C19H17ClN8O/c20-12-4-2-6-14(8-12)25-16-15-17(24-10-23-16)27-28-18(15)26-13-5-1-3-11(7-13)9-22-19(21)29/h1-8,10H,9H2,(H3,21,22,29)(H3,23,24,25,26,27,28). The zero-order chi connectivity index (χ0) is 20.2. The fraction of sp³-hybridized carbons (Fsp3) is 0.0526. The zero-order valence-corrected chi connectivity index (χ0v) is 15.9. The van der Waals surface area contributed by atoms with Crippen molar-refractivity contribution >= 4 is 51.7 Å². The van der Waals surface area contributed by atoms with Crippen LogP contribution in [-0.2, 0) is 6.54 Å². The number of H-pyrrole nitrogens is 1. The third-order valence-corrected chi connectivity index (χ3v) is 4.34. The van der Waals surface area contributed by atoms with Gasteiger partial charge >= 0.3 is 6.03 Å². The number of nitrogens with zero attached hydrogens (tertiary/aromatic N) is 3. The minimum Gasteiger partial charge on any atom is -0.352 e. The Labute approximate surface area is 170 Å². The number of rotatable bonds is 6. The normalized spacial score (nSPS) is 10.7. The number of amides is 2. The molecule has 0 bridgehead atoms. The molecular formula is C19H17ClN8O. The first kappa shape index (κ1) is 18.5. The summed E-state index contributed by atoms with van der Waals surface area (Å²) >= 11 is 6.07. The number of carbonyl (C=O) groups excluding carboxylic acids is 1. The van der Waals surface area contributed by atoms with Crippen LogP contribution in [0.2, 0.25) is 5.02 Å². The van der Waals surface area contributed by atoms with Gasteiger partial charge in [-0.25, -0.2) is 14.8 Å². The molecule has 0 radical (unpaired) electrons. The van der Waals surface area contributed by atoms with E-state index in [1.165, 1.54) is 6.33 Å². The molecule has 2 heterocycles. The molecule has 10 heteroatoms. The highest BCUT2D eigenvalue weighted by atomic mass is 35.5. The lowest BCUT2D eigenvalue weighted by Crippen LogP contribution is -2.28. The molecule has 4 rings (SSSR count). The van der Waals surface area contributed by atoms with E-state index < -0.39 is 6.03 Å². The predicted octanol–water partition coefficient (Wildman–Crippen LogP) is 3.66. The van der Waals surface area contributed by atoms with E-state index in [4.69, 9.17) is 17.3 Å². The fourth-order valence-electron chi connectivity index (χ4n) is 2.84. The Morgan fingerprint density at radius 3 is 2.66 bits per heavy atom. The van der Waals surface area contributed by atoms with Gasteiger partial charge in [-0.15, -0.1) is 0 Å². The summed E-state index contributed by atoms with van der Waals surface area (Å²) in [5.41, 5.74) is 8.14. The van der Waals surface area contributed by atoms with E-state index in [1.54, 1.807) is 12.1 Å². The van der Waals surface area contributed by atoms with Gasteiger partial charge in [0.25, 0.3) is 0 Å². The summed E-state index contributed by atoms with van der Waals surface area (Å²) in [6, 6.07) is 14.3. The minimum atomic E-state index is -0.572. The van der Waals surface area contributed by atoms with Gasteiger partial charge < -0.3 is 21.7 Å². The van der Waals surface area contributed by atoms with E-state index in [-0.39, 0.29) is 0 Å². The highest BCUT2D eigenvalue weighted by Crippen LogP contribution is 2.30. The molecule has 0 spiro atoms. The van der Waals surface area contributed by atoms with Crippen LogP contribution in [0.25, 0.3) is 11.0 Å². The van der Waals surface area contributed by atoms with Crippen LogP contribution < -0.4 is 21.7 Å². The number of aromatic nitrogens is 4. The van der Waals surface area contributed by atoms with E-state index in [2.05, 4.69) is 36.1 Å². The highest BCUT2D eigenvalue weighted by molar-refractivity contribution is 6.30. The lowest BCUT2D eigenvalue weighted by Gasteiger charge is -2.10. The van der Waals surface area contributed by atoms with Crippen LogP contribution in [-0.4, -0.2) is 26.2 Å². The number of benzene rings is 2. The van der Waals surface area contributed by atoms with Crippen molar-refractivity contribution < 1.29 is 4.79 Å². The lowest BCUT2D eigenvalue weighted by atomic mass is 10.2. The number of primary amides is 1. The minimum absolute atomic E-state index is 0.333. The van der Waals surface area contributed by atoms with Gasteiger partial charge in [-0.1, -0.05) is 29.8 Å². The number of anilines is 4. The van der Waals surface area contributed by atoms with Crippen molar-refractivity contribution in [2.45, 2.75) is 6.54 Å². The van der Waals surface area contributed by atoms with Crippen molar-refractivity contribution in [3.05, 3.63) is 65.4 Å². The van der Waals surface area contributed by atoms with Crippen molar-refractivity contribution in [1.29, 1.82) is 0 Å². The lowest BCUT2D eigenvalue weighted by molar-refractivity contribution is 0.248. The second-order valence-electron chi connectivity index (χ2n) is 6.20. The number of hydrogen-bond donors (Lipinski definition) is 5. The monoisotopic (exact) mass is 408 g/mol. The second kappa shape index (κ2) is 8.03. The Morgan fingerprint density at radius 1 is 1.07 bits per heavy atom. The van der Waals surface area contributed by atoms with Crippen molar-refractivity contribution in [2.24, 2.45) is 5.73 Å². The number of halogens is 1. The van der Waals surface area contributed by atoms with Gasteiger partial charge in [0, 0.05) is 22.9 Å². The number of aromatic amines is 1. The van der Waals surface area contributed by atoms with E-state index in [0.29, 0.717) is 34.2 Å². The molecule has 0 unspecified atom stereocenters. The molecule has 0 saturated carbocycles. The molecule has 0 fully saturated rings. The van der Waals surface area contributed by atoms with Crippen molar-refractivity contribution in [1.82, 2.24) is 25.5 Å². The summed E-state index contributed by atoms with van der Waals surface area (Å²) in [5, 5.41) is 17.6. The van der Waals surface area contributed by atoms with Gasteiger partial charge in [-0.05, 0) is 35.9 Å². The number of carbonyl (C=O) groups is 1. The SMILES string of the molecule is NC(=O)NCc1cccc(Nc2[nH]nc3ncnc(Nc4cccc(Cl)c4)c23)c1. The quantitative estimate of drug-likeness (QED) is 0.330. The Kier molecular flexibility index (Phi) is 5.12. The third-order valence-electron chi connectivity index (χ3n) is 4.10. The summed E-state index contributed by atoms with van der Waals surface area (Å²) < 4.78 is 0. The first-order valence-corrected chi connectivity index (χ1v) is 9.07. The average Bonchev–Trinajstić information content (AvgIpc) is 3.11. The number of fused-ring (bicyclic) bond motifs is 1. The van der Waals surface area contributed by atoms with Crippen LogP contribution in [0.3, 0.4) is 0 Å². The Balaban J connectivity index is 1.63. The van der Waals surface area contributed by atoms with Crippen molar-refractivity contribution in [3.8, 4) is 0 Å². The molecule has 0 atom stereocenters. The molecule has 6 N–H and O–H groups in total. The van der Waals surface area contributed by atoms with Crippen LogP contribution in [0.1, 0.15) is 5.56 Å². The highest BCUT2D eigenvalue weighted by Gasteiger charge is 2.13. The van der Waals surface area contributed by atoms with Gasteiger partial charge in [0.2, 0.25) is 0 Å². The average molecular weight is 409 g/mol. The summed E-state index contributed by atoms with van der Waals surface area (Å²) in [6.45, 7) is 0.333. The first-order valence-electron chi connectivity index (χ1n) is 8.69. The molecule has 29 heavy (non-hydrogen) atoms. The maximum Gasteiger partial charge on any atom is 0.312 e. The molecule has 2 aromatic heterocycles. The molecule has 0 aliphatic carbocycles. The van der Waals surface area contributed by atoms with Crippen molar-refractivity contribution in [2.75, 3.05) is 10.6 Å². The van der Waals surface area contributed by atoms with Crippen molar-refractivity contribution in [3.63, 3.8) is 0 Å². The third kappa shape index (κ3) is 4.36. The van der Waals surface area contributed by atoms with Crippen LogP contribution >= 0.6 is 11.6 Å². The van der Waals surface area contributed by atoms with Crippen LogP contribution in [0.4, 0.5) is 27.8 Å². The maximum absolute atomic E-state index is 10.9. The smallest absolute Gasteiger partial charge is 0.312 e. The molecule has 0 aliphatic heterocycles. The van der Waals surface area contributed by atoms with Gasteiger partial charge in [-0.3, -0.25) is 5.10 Å². The van der Waals surface area contributed by atoms with Gasteiger partial charge in [0.05, 0.1) is 0 Å². The first-order chi connectivity index (χ1) is 14.1. The van der Waals surface area contributed by atoms with Crippen LogP contribution in [0.5, 0.6) is 0 Å². The van der Waals surface area contributed by atoms with E-state index in [1.807, 2.05) is 36.4 Å². The number of urea groups is 1. The molecule has 2 amide bonds. The summed E-state index contributed by atoms with van der Waals surface area (Å²) in [5.74, 6) is 1.21. The van der Waals surface area contributed by atoms with Gasteiger partial charge in [0.15, 0.2) is 5.65 Å². The van der Waals surface area contributed by atoms with Gasteiger partial charge in [0.1, 0.15) is 23.3 Å². The topological polar surface area (TPSA) is 134 Å². The largest absolute Gasteiger partial charge is 0.352 e. The molecule has 4 aromatic rings. The van der Waals surface area contributed by atoms with Crippen LogP contribution in [0, 0.1) is 0 Å². The Bertz CT molecular complexity index is 1180. The predicted molar refractivity (Wildman–Crippen MR) is 113 cm³/mol. The summed E-state index contributed by atoms with van der Waals surface area (Å²) in [4.78, 5) is 19.5. The molecule has 146 valence electrons. The molecule has 0 saturated heterocycles. The number of nitrogens with two attached hydrogens (primary N) is 1. The summed E-state index contributed by atoms with van der Waals surface area (Å²) in [6.07, 6.45) is 1.44. The Hall–Kier alpha value is -3.85. The fourth-order valence-corrected chi connectivity index (χ4v) is 3.03. The molecular weight excluding hydrogens is 392 g/mol. The summed E-state index contributed by atoms with van der Waals surface area (Å²) in [7, 11) is 0. The van der Waals surface area contributed by atoms with Gasteiger partial charge in [-0.2, -0.15) is 5.10 Å². The zero-order valence-electron chi connectivity index (χ0n) is 15.1. The van der Waals surface area contributed by atoms with E-state index in [9.17, 15) is 4.79 Å². The molecule has 0 aliphatic rings. The maximum atomic E-state index is 10.9. The molecule has 2 aromatic carbocycles. The number of nitrogens with one attached hydrogen (secondary N) is 4. The van der Waals surface area contributed by atoms with E-state index in [0.717, 1.165) is 16.9 Å². The molecule has 9 nitrogen and oxygen atoms in total.